The molecule has 0 rings (SSSR count). The van der Waals surface area contributed by atoms with Gasteiger partial charge in [-0.15, -0.1) is 0 Å². The average Bonchev–Trinajstić information content (AvgIpc) is 0.811. The molecule has 1 radical (unpaired) electrons. The van der Waals surface area contributed by atoms with Gasteiger partial charge in [0.05, 0.1) is 0 Å². The van der Waals surface area contributed by atoms with Crippen LogP contribution in [-0.4, -0.2) is 13.8 Å². The molecule has 0 saturated carbocycles. The fraction of sp³-hybridized carbons (Fsp3) is 1.00. The summed E-state index contributed by atoms with van der Waals surface area (Å²) in [7, 11) is -0.880. The summed E-state index contributed by atoms with van der Waals surface area (Å²) in [5.74, 6) is 0. The number of hydrogen-bond donors (Lipinski definition) is 1. The van der Waals surface area contributed by atoms with Gasteiger partial charge in [-0.1, -0.05) is 0 Å². The van der Waals surface area contributed by atoms with E-state index in [9.17, 15) is 0 Å². The van der Waals surface area contributed by atoms with Crippen LogP contribution in [0.1, 0.15) is 0 Å². The van der Waals surface area contributed by atoms with Crippen LogP contribution in [0.2, 0.25) is 13.1 Å². The van der Waals surface area contributed by atoms with Gasteiger partial charge in [0, 0.05) is 21.1 Å². The number of rotatable bonds is 0. The summed E-state index contributed by atoms with van der Waals surface area (Å²) >= 11 is 0. The predicted octanol–water partition coefficient (Wildman–Crippen LogP) is 0.227. The second-order valence-electron chi connectivity index (χ2n) is 0.947. The zero-order chi connectivity index (χ0) is 3.58. The Labute approximate surface area is 48.4 Å². The Bertz CT molecular complexity index is 14.4. The van der Waals surface area contributed by atoms with Crippen LogP contribution in [0.3, 0.4) is 0 Å². The first-order chi connectivity index (χ1) is 1.73. The maximum atomic E-state index is 8.16. The summed E-state index contributed by atoms with van der Waals surface area (Å²) in [6.07, 6.45) is 0. The van der Waals surface area contributed by atoms with Crippen molar-refractivity contribution in [2.75, 3.05) is 0 Å². The third-order valence-electron chi connectivity index (χ3n) is 0. The van der Waals surface area contributed by atoms with Crippen LogP contribution in [0.25, 0.3) is 0 Å². The average molecular weight is 259 g/mol. The summed E-state index contributed by atoms with van der Waals surface area (Å²) in [4.78, 5) is 8.16. The monoisotopic (exact) mass is 259 g/mol. The van der Waals surface area contributed by atoms with E-state index in [1.807, 2.05) is 13.1 Å². The Kier molecular flexibility index (Phi) is 9.04. The van der Waals surface area contributed by atoms with Crippen LogP contribution >= 0.6 is 0 Å². The first-order valence-corrected chi connectivity index (χ1v) is 3.67. The van der Waals surface area contributed by atoms with Crippen molar-refractivity contribution in [3.63, 3.8) is 0 Å². The molecule has 0 aliphatic heterocycles. The smallest absolute Gasteiger partial charge is 0.200 e. The van der Waals surface area contributed by atoms with Gasteiger partial charge in [-0.3, -0.25) is 0 Å². The third-order valence-corrected chi connectivity index (χ3v) is 0. The van der Waals surface area contributed by atoms with Gasteiger partial charge in [-0.05, 0) is 13.1 Å². The molecule has 0 amide bonds. The van der Waals surface area contributed by atoms with Crippen LogP contribution in [0.5, 0.6) is 0 Å². The molecule has 0 heterocycles. The maximum Gasteiger partial charge on any atom is 0.200 e. The van der Waals surface area contributed by atoms with Gasteiger partial charge in [0.1, 0.15) is 0 Å². The molecule has 3 heteroatoms. The van der Waals surface area contributed by atoms with Crippen LogP contribution in [-0.2, 0) is 21.1 Å². The minimum absolute atomic E-state index is 0. The van der Waals surface area contributed by atoms with Crippen LogP contribution < -0.4 is 0 Å². The van der Waals surface area contributed by atoms with Crippen molar-refractivity contribution in [2.24, 2.45) is 0 Å². The van der Waals surface area contributed by atoms with Crippen molar-refractivity contribution in [1.82, 2.24) is 0 Å². The molecule has 1 N–H and O–H groups in total. The Hall–Kier alpha value is 0.865. The molecule has 0 atom stereocenters. The van der Waals surface area contributed by atoms with E-state index in [1.165, 1.54) is 0 Å². The Morgan fingerprint density at radius 1 is 1.40 bits per heavy atom. The molecule has 0 saturated heterocycles. The van der Waals surface area contributed by atoms with Crippen LogP contribution in [0, 0.1) is 0 Å². The molecule has 5 heavy (non-hydrogen) atoms. The third kappa shape index (κ3) is 53.4. The zero-order valence-corrected chi connectivity index (χ0v) is 7.29. The van der Waals surface area contributed by atoms with E-state index in [-0.39, 0.29) is 21.1 Å². The van der Waals surface area contributed by atoms with Gasteiger partial charge in [-0.2, -0.15) is 0 Å². The first kappa shape index (κ1) is 9.29. The Balaban J connectivity index is 0. The van der Waals surface area contributed by atoms with E-state index in [1.54, 1.807) is 0 Å². The largest absolute Gasteiger partial charge is 0.432 e. The van der Waals surface area contributed by atoms with E-state index in [2.05, 4.69) is 0 Å². The van der Waals surface area contributed by atoms with Crippen molar-refractivity contribution in [3.05, 3.63) is 0 Å². The normalized spacial score (nSPS) is 7.20. The van der Waals surface area contributed by atoms with Crippen molar-refractivity contribution in [3.8, 4) is 0 Å². The van der Waals surface area contributed by atoms with Crippen molar-refractivity contribution in [1.29, 1.82) is 0 Å². The maximum absolute atomic E-state index is 8.16. The van der Waals surface area contributed by atoms with Crippen LogP contribution in [0.15, 0.2) is 0 Å². The summed E-state index contributed by atoms with van der Waals surface area (Å²) in [6.45, 7) is 3.65. The summed E-state index contributed by atoms with van der Waals surface area (Å²) in [5, 5.41) is 0. The molecule has 0 aromatic rings. The summed E-state index contributed by atoms with van der Waals surface area (Å²) in [6, 6.07) is 0. The van der Waals surface area contributed by atoms with Crippen LogP contribution in [0.4, 0.5) is 0 Å². The van der Waals surface area contributed by atoms with Crippen molar-refractivity contribution in [2.45, 2.75) is 13.1 Å². The Morgan fingerprint density at radius 3 is 1.40 bits per heavy atom. The molecule has 31 valence electrons. The quantitative estimate of drug-likeness (QED) is 0.617. The predicted molar refractivity (Wildman–Crippen MR) is 19.7 cm³/mol. The van der Waals surface area contributed by atoms with Crippen molar-refractivity contribution >= 4 is 9.04 Å². The molecule has 0 aliphatic carbocycles. The minimum atomic E-state index is -0.880. The minimum Gasteiger partial charge on any atom is -0.432 e. The zero-order valence-electron chi connectivity index (χ0n) is 3.36. The van der Waals surface area contributed by atoms with E-state index in [4.69, 9.17) is 4.80 Å². The van der Waals surface area contributed by atoms with Gasteiger partial charge < -0.3 is 4.80 Å². The van der Waals surface area contributed by atoms with E-state index in [0.717, 1.165) is 0 Å². The molecule has 0 unspecified atom stereocenters. The standard InChI is InChI=1S/C2H7OSi.W/c1-4(2)3;/h3H,1-2H3;. The van der Waals surface area contributed by atoms with E-state index in [0.29, 0.717) is 0 Å². The molecule has 0 spiro atoms. The molecule has 0 bridgehead atoms. The molecular formula is C2H7OSiW. The Morgan fingerprint density at radius 2 is 1.40 bits per heavy atom. The SMILES string of the molecule is C[Si](C)O.[W]. The van der Waals surface area contributed by atoms with Gasteiger partial charge in [-0.25, -0.2) is 0 Å². The topological polar surface area (TPSA) is 20.2 Å². The second kappa shape index (κ2) is 4.87. The van der Waals surface area contributed by atoms with Gasteiger partial charge >= 0.3 is 0 Å². The first-order valence-electron chi connectivity index (χ1n) is 1.22. The summed E-state index contributed by atoms with van der Waals surface area (Å²) in [5.41, 5.74) is 0. The second-order valence-corrected chi connectivity index (χ2v) is 2.84. The molecular weight excluding hydrogens is 252 g/mol. The van der Waals surface area contributed by atoms with Gasteiger partial charge in [0.25, 0.3) is 0 Å². The van der Waals surface area contributed by atoms with Gasteiger partial charge in [0.2, 0.25) is 0 Å². The molecule has 0 fully saturated rings. The van der Waals surface area contributed by atoms with Crippen molar-refractivity contribution < 1.29 is 25.9 Å². The van der Waals surface area contributed by atoms with Gasteiger partial charge in [0.15, 0.2) is 9.04 Å². The molecule has 0 aliphatic rings. The van der Waals surface area contributed by atoms with E-state index >= 15 is 0 Å². The number of hydrogen-bond acceptors (Lipinski definition) is 1. The molecule has 0 aromatic heterocycles. The molecule has 0 aromatic carbocycles. The fourth-order valence-electron chi connectivity index (χ4n) is 0. The molecule has 1 nitrogen and oxygen atoms in total. The van der Waals surface area contributed by atoms with E-state index < -0.39 is 9.04 Å². The summed E-state index contributed by atoms with van der Waals surface area (Å²) < 4.78 is 0. The fourth-order valence-corrected chi connectivity index (χ4v) is 0.